The van der Waals surface area contributed by atoms with Gasteiger partial charge in [0, 0.05) is 11.6 Å². The molecule has 0 atom stereocenters. The monoisotopic (exact) mass is 473 g/mol. The molecule has 1 heterocycles. The lowest BCUT2D eigenvalue weighted by Gasteiger charge is -2.09. The SMILES string of the molecule is CCOC(=O)c1ccc(-n2cc(C(=O)c3c(Cl)cccc3Cl)c3c(F)cccc32)c(F)c1. The molecule has 0 saturated heterocycles. The second-order valence-corrected chi connectivity index (χ2v) is 7.67. The zero-order valence-corrected chi connectivity index (χ0v) is 18.2. The first-order valence-corrected chi connectivity index (χ1v) is 10.3. The number of hydrogen-bond acceptors (Lipinski definition) is 3. The predicted molar refractivity (Wildman–Crippen MR) is 119 cm³/mol. The fraction of sp³-hybridized carbons (Fsp3) is 0.0833. The van der Waals surface area contributed by atoms with Gasteiger partial charge in [-0.1, -0.05) is 35.3 Å². The van der Waals surface area contributed by atoms with Gasteiger partial charge in [-0.15, -0.1) is 0 Å². The highest BCUT2D eigenvalue weighted by Gasteiger charge is 2.24. The van der Waals surface area contributed by atoms with Gasteiger partial charge in [0.15, 0.2) is 5.78 Å². The van der Waals surface area contributed by atoms with Gasteiger partial charge in [0.05, 0.1) is 44.5 Å². The molecule has 162 valence electrons. The standard InChI is InChI=1S/C24H15Cl2F2NO3/c1-2-32-24(31)13-9-10-19(18(28)11-13)29-12-14(21-17(27)7-4-8-20(21)29)23(30)22-15(25)5-3-6-16(22)26/h3-12H,2H2,1H3. The van der Waals surface area contributed by atoms with Gasteiger partial charge in [-0.3, -0.25) is 4.79 Å². The van der Waals surface area contributed by atoms with E-state index >= 15 is 0 Å². The molecule has 8 heteroatoms. The fourth-order valence-corrected chi connectivity index (χ4v) is 4.08. The zero-order valence-electron chi connectivity index (χ0n) is 16.7. The highest BCUT2D eigenvalue weighted by atomic mass is 35.5. The van der Waals surface area contributed by atoms with Crippen LogP contribution in [0.5, 0.6) is 0 Å². The molecule has 0 amide bonds. The topological polar surface area (TPSA) is 48.3 Å². The van der Waals surface area contributed by atoms with Crippen molar-refractivity contribution in [2.75, 3.05) is 6.61 Å². The number of carbonyl (C=O) groups is 2. The Morgan fingerprint density at radius 3 is 2.31 bits per heavy atom. The van der Waals surface area contributed by atoms with E-state index in [1.54, 1.807) is 19.1 Å². The number of carbonyl (C=O) groups excluding carboxylic acids is 2. The first-order valence-electron chi connectivity index (χ1n) is 9.58. The van der Waals surface area contributed by atoms with E-state index in [0.29, 0.717) is 0 Å². The quantitative estimate of drug-likeness (QED) is 0.241. The second-order valence-electron chi connectivity index (χ2n) is 6.86. The van der Waals surface area contributed by atoms with Gasteiger partial charge in [0.25, 0.3) is 0 Å². The molecular weight excluding hydrogens is 459 g/mol. The number of ketones is 1. The molecule has 32 heavy (non-hydrogen) atoms. The van der Waals surface area contributed by atoms with Crippen molar-refractivity contribution in [3.8, 4) is 5.69 Å². The number of fused-ring (bicyclic) bond motifs is 1. The molecule has 0 radical (unpaired) electrons. The Bertz CT molecular complexity index is 1360. The molecule has 4 rings (SSSR count). The van der Waals surface area contributed by atoms with E-state index in [4.69, 9.17) is 27.9 Å². The van der Waals surface area contributed by atoms with Crippen molar-refractivity contribution in [2.24, 2.45) is 0 Å². The van der Waals surface area contributed by atoms with Gasteiger partial charge >= 0.3 is 5.97 Å². The summed E-state index contributed by atoms with van der Waals surface area (Å²) in [5.41, 5.74) is 0.324. The van der Waals surface area contributed by atoms with E-state index < -0.39 is 23.4 Å². The summed E-state index contributed by atoms with van der Waals surface area (Å²) >= 11 is 12.4. The third kappa shape index (κ3) is 3.76. The largest absolute Gasteiger partial charge is 0.462 e. The lowest BCUT2D eigenvalue weighted by molar-refractivity contribution is 0.0525. The number of rotatable bonds is 5. The smallest absolute Gasteiger partial charge is 0.338 e. The molecule has 4 nitrogen and oxygen atoms in total. The van der Waals surface area contributed by atoms with Crippen LogP contribution in [0.2, 0.25) is 10.0 Å². The van der Waals surface area contributed by atoms with Crippen LogP contribution in [0.3, 0.4) is 0 Å². The predicted octanol–water partition coefficient (Wildman–Crippen LogP) is 6.62. The van der Waals surface area contributed by atoms with Crippen molar-refractivity contribution in [1.82, 2.24) is 4.57 Å². The van der Waals surface area contributed by atoms with Crippen LogP contribution in [-0.4, -0.2) is 22.9 Å². The second kappa shape index (κ2) is 8.73. The molecular formula is C24H15Cl2F2NO3. The van der Waals surface area contributed by atoms with Crippen molar-refractivity contribution in [1.29, 1.82) is 0 Å². The highest BCUT2D eigenvalue weighted by Crippen LogP contribution is 2.33. The molecule has 1 aromatic heterocycles. The molecule has 0 aliphatic rings. The summed E-state index contributed by atoms with van der Waals surface area (Å²) in [4.78, 5) is 25.2. The Morgan fingerprint density at radius 1 is 0.969 bits per heavy atom. The van der Waals surface area contributed by atoms with Crippen LogP contribution in [0.4, 0.5) is 8.78 Å². The van der Waals surface area contributed by atoms with Crippen LogP contribution >= 0.6 is 23.2 Å². The Balaban J connectivity index is 1.91. The maximum atomic E-state index is 15.0. The highest BCUT2D eigenvalue weighted by molar-refractivity contribution is 6.41. The summed E-state index contributed by atoms with van der Waals surface area (Å²) in [7, 11) is 0. The number of benzene rings is 3. The van der Waals surface area contributed by atoms with Gasteiger partial charge in [-0.25, -0.2) is 13.6 Å². The minimum Gasteiger partial charge on any atom is -0.462 e. The molecule has 0 unspecified atom stereocenters. The van der Waals surface area contributed by atoms with E-state index in [1.165, 1.54) is 47.2 Å². The van der Waals surface area contributed by atoms with Crippen LogP contribution in [0.25, 0.3) is 16.6 Å². The molecule has 0 fully saturated rings. The molecule has 0 aliphatic carbocycles. The molecule has 0 spiro atoms. The number of halogens is 4. The lowest BCUT2D eigenvalue weighted by atomic mass is 10.0. The van der Waals surface area contributed by atoms with Gasteiger partial charge in [-0.2, -0.15) is 0 Å². The van der Waals surface area contributed by atoms with E-state index in [2.05, 4.69) is 0 Å². The normalized spacial score (nSPS) is 11.0. The summed E-state index contributed by atoms with van der Waals surface area (Å²) in [6.45, 7) is 1.80. The first kappa shape index (κ1) is 22.0. The van der Waals surface area contributed by atoms with Crippen LogP contribution in [-0.2, 0) is 4.74 Å². The number of aromatic nitrogens is 1. The Kier molecular flexibility index (Phi) is 6.00. The van der Waals surface area contributed by atoms with Crippen LogP contribution in [0, 0.1) is 11.6 Å². The van der Waals surface area contributed by atoms with Gasteiger partial charge in [0.2, 0.25) is 0 Å². The van der Waals surface area contributed by atoms with Gasteiger partial charge in [-0.05, 0) is 49.4 Å². The average molecular weight is 474 g/mol. The molecule has 4 aromatic rings. The fourth-order valence-electron chi connectivity index (χ4n) is 3.51. The molecule has 0 aliphatic heterocycles. The maximum Gasteiger partial charge on any atom is 0.338 e. The molecule has 0 N–H and O–H groups in total. The minimum atomic E-state index is -0.744. The van der Waals surface area contributed by atoms with Crippen LogP contribution in [0.15, 0.2) is 60.8 Å². The Labute approximate surface area is 191 Å². The van der Waals surface area contributed by atoms with E-state index in [-0.39, 0.29) is 49.9 Å². The van der Waals surface area contributed by atoms with E-state index in [1.807, 2.05) is 0 Å². The third-order valence-electron chi connectivity index (χ3n) is 4.93. The van der Waals surface area contributed by atoms with E-state index in [9.17, 15) is 18.4 Å². The van der Waals surface area contributed by atoms with Crippen LogP contribution in [0.1, 0.15) is 33.2 Å². The van der Waals surface area contributed by atoms with Crippen LogP contribution < -0.4 is 0 Å². The molecule has 0 saturated carbocycles. The zero-order chi connectivity index (χ0) is 23.0. The summed E-state index contributed by atoms with van der Waals surface area (Å²) in [5, 5.41) is 0.233. The van der Waals surface area contributed by atoms with Crippen molar-refractivity contribution in [2.45, 2.75) is 6.92 Å². The average Bonchev–Trinajstić information content (AvgIpc) is 3.14. The van der Waals surface area contributed by atoms with Crippen molar-refractivity contribution < 1.29 is 23.1 Å². The van der Waals surface area contributed by atoms with Gasteiger partial charge in [0.1, 0.15) is 11.6 Å². The number of hydrogen-bond donors (Lipinski definition) is 0. The molecule has 3 aromatic carbocycles. The Morgan fingerprint density at radius 2 is 1.66 bits per heavy atom. The molecule has 0 bridgehead atoms. The summed E-state index contributed by atoms with van der Waals surface area (Å²) in [6.07, 6.45) is 1.33. The van der Waals surface area contributed by atoms with Gasteiger partial charge < -0.3 is 9.30 Å². The van der Waals surface area contributed by atoms with Crippen molar-refractivity contribution in [3.63, 3.8) is 0 Å². The summed E-state index contributed by atoms with van der Waals surface area (Å²) in [5.74, 6) is -2.66. The number of esters is 1. The number of ether oxygens (including phenoxy) is 1. The minimum absolute atomic E-state index is 0.00218. The first-order chi connectivity index (χ1) is 15.3. The summed E-state index contributed by atoms with van der Waals surface area (Å²) < 4.78 is 36.0. The van der Waals surface area contributed by atoms with E-state index in [0.717, 1.165) is 6.07 Å². The van der Waals surface area contributed by atoms with Crippen molar-refractivity contribution >= 4 is 45.9 Å². The van der Waals surface area contributed by atoms with Crippen molar-refractivity contribution in [3.05, 3.63) is 99.2 Å². The Hall–Kier alpha value is -3.22. The third-order valence-corrected chi connectivity index (χ3v) is 5.56. The lowest BCUT2D eigenvalue weighted by Crippen LogP contribution is -2.06. The maximum absolute atomic E-state index is 15.0. The number of nitrogens with zero attached hydrogens (tertiary/aromatic N) is 1. The summed E-state index contributed by atoms with van der Waals surface area (Å²) in [6, 6.07) is 12.6.